The Balaban J connectivity index is 1.56. The van der Waals surface area contributed by atoms with Crippen molar-refractivity contribution in [3.8, 4) is 0 Å². The van der Waals surface area contributed by atoms with Crippen LogP contribution in [0.15, 0.2) is 24.3 Å². The molecule has 0 bridgehead atoms. The number of likely N-dealkylation sites (N-methyl/N-ethyl adjacent to an activating group) is 1. The summed E-state index contributed by atoms with van der Waals surface area (Å²) in [6.07, 6.45) is 6.82. The van der Waals surface area contributed by atoms with Gasteiger partial charge in [-0.3, -0.25) is 33.7 Å². The molecule has 84 heavy (non-hydrogen) atoms. The largest absolute Gasteiger partial charge is 0.445 e. The molecule has 0 aromatic heterocycles. The van der Waals surface area contributed by atoms with Crippen molar-refractivity contribution in [1.82, 2.24) is 26.2 Å². The zero-order chi connectivity index (χ0) is 62.1. The standard InChI is InChI=1S/C59H100N8O16S/c1-6-7-8-9-10-11-12-13-14-15-16-18-22-38(4)50(72)43(35-81-57-53(75)52(74)51(73)45(33-68)83-57)65-59(80)82-34-39-25-27-41(28-26-39)64-54(76)40(23-21-29-63-58(61)79)31-44(69)49(37(2)3)66-47(70)24-19-17-20-30-67-48(71)32-46(56(67)78)84-36-42(60)55(77)62-5/h25-28,37-38,40,42-43,45-46,49-53,57,68,72-75H,6-24,29-36,60H2,1-5H3,(H,62,77)(H,64,76)(H,65,80)(H,66,70)(H3,61,63,79)/t38-,40-,42+,43?,45?,46?,49+,50-,51+,52+,53?,57+/m1/s1. The van der Waals surface area contributed by atoms with Crippen LogP contribution in [0.3, 0.4) is 0 Å². The molecule has 3 rings (SSSR count). The number of nitrogens with one attached hydrogen (secondary N) is 5. The molecule has 25 heteroatoms. The predicted octanol–water partition coefficient (Wildman–Crippen LogP) is 3.78. The molecule has 24 nitrogen and oxygen atoms in total. The van der Waals surface area contributed by atoms with Gasteiger partial charge in [0.05, 0.1) is 42.7 Å². The molecule has 2 saturated heterocycles. The van der Waals surface area contributed by atoms with E-state index in [1.807, 2.05) is 6.92 Å². The van der Waals surface area contributed by atoms with E-state index in [1.54, 1.807) is 38.1 Å². The number of hydrogen-bond acceptors (Lipinski definition) is 18. The van der Waals surface area contributed by atoms with Gasteiger partial charge in [-0.1, -0.05) is 123 Å². The number of ketones is 1. The number of alkyl carbamates (subject to hydrolysis) is 1. The molecular weight excluding hydrogens is 1110 g/mol. The van der Waals surface area contributed by atoms with Crippen molar-refractivity contribution in [3.05, 3.63) is 29.8 Å². The van der Waals surface area contributed by atoms with Crippen LogP contribution in [0.1, 0.15) is 168 Å². The topological polar surface area (TPSA) is 381 Å². The lowest BCUT2D eigenvalue weighted by Crippen LogP contribution is -2.60. The molecule has 2 heterocycles. The highest BCUT2D eigenvalue weighted by Crippen LogP contribution is 2.28. The summed E-state index contributed by atoms with van der Waals surface area (Å²) in [6.45, 7) is 6.68. The molecule has 0 spiro atoms. The van der Waals surface area contributed by atoms with E-state index in [1.165, 1.54) is 75.1 Å². The number of carbonyl (C=O) groups is 8. The van der Waals surface area contributed by atoms with E-state index in [0.29, 0.717) is 43.4 Å². The highest BCUT2D eigenvalue weighted by atomic mass is 32.2. The van der Waals surface area contributed by atoms with Gasteiger partial charge in [-0.15, -0.1) is 11.8 Å². The Morgan fingerprint density at radius 1 is 0.810 bits per heavy atom. The number of amides is 8. The molecule has 2 fully saturated rings. The number of primary amides is 1. The van der Waals surface area contributed by atoms with Crippen LogP contribution < -0.4 is 38.1 Å². The van der Waals surface area contributed by atoms with Crippen LogP contribution in [-0.4, -0.2) is 177 Å². The Bertz CT molecular complexity index is 2160. The molecule has 0 saturated carbocycles. The minimum absolute atomic E-state index is 0.0216. The lowest BCUT2D eigenvalue weighted by molar-refractivity contribution is -0.303. The number of aliphatic hydroxyl groups is 5. The predicted molar refractivity (Wildman–Crippen MR) is 318 cm³/mol. The zero-order valence-corrected chi connectivity index (χ0v) is 51.0. The Morgan fingerprint density at radius 3 is 2.05 bits per heavy atom. The van der Waals surface area contributed by atoms with Gasteiger partial charge in [0.25, 0.3) is 0 Å². The van der Waals surface area contributed by atoms with Gasteiger partial charge in [-0.25, -0.2) is 9.59 Å². The van der Waals surface area contributed by atoms with E-state index in [9.17, 15) is 63.9 Å². The van der Waals surface area contributed by atoms with Crippen LogP contribution in [0.5, 0.6) is 0 Å². The molecule has 0 radical (unpaired) electrons. The zero-order valence-electron chi connectivity index (χ0n) is 50.1. The molecule has 14 N–H and O–H groups in total. The number of benzene rings is 1. The quantitative estimate of drug-likeness (QED) is 0.0327. The van der Waals surface area contributed by atoms with Gasteiger partial charge < -0.3 is 77.8 Å². The summed E-state index contributed by atoms with van der Waals surface area (Å²) in [4.78, 5) is 104. The minimum Gasteiger partial charge on any atom is -0.445 e. The number of rotatable bonds is 43. The molecule has 1 aromatic carbocycles. The molecular formula is C59H100N8O16S. The van der Waals surface area contributed by atoms with Crippen LogP contribution in [-0.2, 0) is 49.6 Å². The maximum Gasteiger partial charge on any atom is 0.407 e. The van der Waals surface area contributed by atoms with Crippen molar-refractivity contribution in [2.24, 2.45) is 29.2 Å². The fraction of sp³-hybridized carbons (Fsp3) is 0.763. The lowest BCUT2D eigenvalue weighted by Gasteiger charge is -2.40. The van der Waals surface area contributed by atoms with Crippen LogP contribution in [0, 0.1) is 17.8 Å². The number of hydrogen-bond donors (Lipinski definition) is 12. The number of anilines is 1. The van der Waals surface area contributed by atoms with E-state index < -0.39 is 97.3 Å². The normalized spacial score (nSPS) is 21.0. The molecule has 4 unspecified atom stereocenters. The molecule has 0 aliphatic carbocycles. The van der Waals surface area contributed by atoms with E-state index in [-0.39, 0.29) is 92.4 Å². The van der Waals surface area contributed by atoms with Crippen molar-refractivity contribution >= 4 is 64.9 Å². The number of aliphatic hydroxyl groups excluding tert-OH is 5. The average molecular weight is 1210 g/mol. The minimum atomic E-state index is -1.70. The fourth-order valence-electron chi connectivity index (χ4n) is 10.1. The Labute approximate surface area is 500 Å². The number of Topliss-reactive ketones (excluding diaryl/α,β-unsaturated/α-hetero) is 1. The first kappa shape index (κ1) is 73.3. The van der Waals surface area contributed by atoms with Crippen molar-refractivity contribution in [2.45, 2.75) is 229 Å². The van der Waals surface area contributed by atoms with E-state index in [0.717, 1.165) is 25.7 Å². The van der Waals surface area contributed by atoms with Gasteiger partial charge in [-0.2, -0.15) is 0 Å². The number of unbranched alkanes of at least 4 members (excludes halogenated alkanes) is 13. The second kappa shape index (κ2) is 40.4. The number of thioether (sulfide) groups is 1. The number of nitrogens with two attached hydrogens (primary N) is 2. The van der Waals surface area contributed by atoms with Crippen LogP contribution in [0.25, 0.3) is 0 Å². The number of carbonyl (C=O) groups excluding carboxylic acids is 8. The van der Waals surface area contributed by atoms with Crippen LogP contribution in [0.4, 0.5) is 15.3 Å². The van der Waals surface area contributed by atoms with Crippen molar-refractivity contribution in [2.75, 3.05) is 44.4 Å². The second-order valence-electron chi connectivity index (χ2n) is 22.7. The molecule has 2 aliphatic heterocycles. The third kappa shape index (κ3) is 26.7. The van der Waals surface area contributed by atoms with Gasteiger partial charge in [0.2, 0.25) is 29.5 Å². The van der Waals surface area contributed by atoms with Gasteiger partial charge in [0.15, 0.2) is 12.1 Å². The summed E-state index contributed by atoms with van der Waals surface area (Å²) in [5.41, 5.74) is 12.0. The van der Waals surface area contributed by atoms with Crippen LogP contribution in [0.2, 0.25) is 0 Å². The maximum absolute atomic E-state index is 13.9. The molecule has 12 atom stereocenters. The van der Waals surface area contributed by atoms with Crippen molar-refractivity contribution in [3.63, 3.8) is 0 Å². The Hall–Kier alpha value is -4.99. The van der Waals surface area contributed by atoms with E-state index in [4.69, 9.17) is 25.7 Å². The number of nitrogens with zero attached hydrogens (tertiary/aromatic N) is 1. The maximum atomic E-state index is 13.9. The summed E-state index contributed by atoms with van der Waals surface area (Å²) in [7, 11) is 1.47. The summed E-state index contributed by atoms with van der Waals surface area (Å²) in [6, 6.07) is 2.86. The van der Waals surface area contributed by atoms with Gasteiger partial charge in [0.1, 0.15) is 31.0 Å². The summed E-state index contributed by atoms with van der Waals surface area (Å²) in [5, 5.41) is 65.1. The fourth-order valence-corrected chi connectivity index (χ4v) is 11.2. The smallest absolute Gasteiger partial charge is 0.407 e. The third-order valence-electron chi connectivity index (χ3n) is 15.4. The third-order valence-corrected chi connectivity index (χ3v) is 16.7. The lowest BCUT2D eigenvalue weighted by atomic mass is 9.89. The molecule has 2 aliphatic rings. The molecule has 8 amide bonds. The monoisotopic (exact) mass is 1210 g/mol. The first-order valence-corrected chi connectivity index (χ1v) is 31.4. The second-order valence-corrected chi connectivity index (χ2v) is 24.0. The molecule has 478 valence electrons. The number of ether oxygens (including phenoxy) is 3. The Kier molecular flexibility index (Phi) is 35.2. The number of imide groups is 1. The van der Waals surface area contributed by atoms with E-state index in [2.05, 4.69) is 33.5 Å². The van der Waals surface area contributed by atoms with Gasteiger partial charge in [-0.05, 0) is 61.6 Å². The first-order chi connectivity index (χ1) is 40.1. The average Bonchev–Trinajstić information content (AvgIpc) is 3.96. The number of likely N-dealkylation sites (tertiary alicyclic amines) is 1. The van der Waals surface area contributed by atoms with Crippen LogP contribution >= 0.6 is 11.8 Å². The number of urea groups is 1. The van der Waals surface area contributed by atoms with Gasteiger partial charge >= 0.3 is 12.1 Å². The molecule has 1 aromatic rings. The van der Waals surface area contributed by atoms with Crippen molar-refractivity contribution < 1.29 is 78.1 Å². The SMILES string of the molecule is CCCCCCCCCCCCCC[C@@H](C)[C@@H](O)C(CO[C@H]1OC(CO)[C@H](O)[C@H](O)C1O)NC(=O)OCc1ccc(NC(=O)[C@H](CCCNC(N)=O)CC(=O)[C@@H](NC(=O)CCCCCN2C(=O)CC(SC[C@H](N)C(=O)NC)C2=O)C(C)C)cc1. The summed E-state index contributed by atoms with van der Waals surface area (Å²) in [5.74, 6) is -3.56. The highest BCUT2D eigenvalue weighted by molar-refractivity contribution is 8.00. The highest BCUT2D eigenvalue weighted by Gasteiger charge is 2.45. The van der Waals surface area contributed by atoms with Gasteiger partial charge in [0, 0.05) is 56.8 Å². The summed E-state index contributed by atoms with van der Waals surface area (Å²) < 4.78 is 16.8. The summed E-state index contributed by atoms with van der Waals surface area (Å²) >= 11 is 1.17. The Morgan fingerprint density at radius 2 is 1.44 bits per heavy atom. The van der Waals surface area contributed by atoms with E-state index >= 15 is 0 Å². The van der Waals surface area contributed by atoms with Crippen molar-refractivity contribution in [1.29, 1.82) is 0 Å². The first-order valence-electron chi connectivity index (χ1n) is 30.3.